The number of rotatable bonds is 9. The summed E-state index contributed by atoms with van der Waals surface area (Å²) >= 11 is 0. The van der Waals surface area contributed by atoms with Gasteiger partial charge in [-0.15, -0.1) is 0 Å². The largest absolute Gasteiger partial charge is 0.493 e. The monoisotopic (exact) mass is 535 g/mol. The number of ketones is 1. The number of hydrogen-bond acceptors (Lipinski definition) is 8. The molecule has 0 spiro atoms. The fraction of sp³-hybridized carbons (Fsp3) is 0.419. The first-order valence-corrected chi connectivity index (χ1v) is 13.2. The van der Waals surface area contributed by atoms with E-state index in [0.29, 0.717) is 58.2 Å². The number of hydrogen-bond donors (Lipinski definition) is 1. The molecule has 0 unspecified atom stereocenters. The third-order valence-corrected chi connectivity index (χ3v) is 7.55. The average molecular weight is 536 g/mol. The molecular formula is C31H37NO7. The number of nitrogens with one attached hydrogen (secondary N) is 1. The minimum absolute atomic E-state index is 0.0419. The number of allylic oxidation sites excluding steroid dienone is 3. The Morgan fingerprint density at radius 2 is 1.69 bits per heavy atom. The fourth-order valence-electron chi connectivity index (χ4n) is 5.43. The van der Waals surface area contributed by atoms with Gasteiger partial charge >= 0.3 is 5.97 Å². The maximum absolute atomic E-state index is 14.0. The summed E-state index contributed by atoms with van der Waals surface area (Å²) in [6, 6.07) is 11.3. The van der Waals surface area contributed by atoms with Crippen LogP contribution in [0.15, 0.2) is 58.9 Å². The van der Waals surface area contributed by atoms with Gasteiger partial charge in [0.15, 0.2) is 28.8 Å². The fourth-order valence-corrected chi connectivity index (χ4v) is 5.43. The molecule has 8 heteroatoms. The van der Waals surface area contributed by atoms with Crippen LogP contribution in [0.4, 0.5) is 0 Å². The topological polar surface area (TPSA) is 92.3 Å². The van der Waals surface area contributed by atoms with Crippen molar-refractivity contribution in [3.8, 4) is 23.0 Å². The zero-order valence-electron chi connectivity index (χ0n) is 23.7. The van der Waals surface area contributed by atoms with E-state index in [9.17, 15) is 9.59 Å². The summed E-state index contributed by atoms with van der Waals surface area (Å²) < 4.78 is 28.0. The smallest absolute Gasteiger partial charge is 0.337 e. The summed E-state index contributed by atoms with van der Waals surface area (Å²) in [5.74, 6) is 1.02. The lowest BCUT2D eigenvalue weighted by Gasteiger charge is -2.37. The Balaban J connectivity index is 1.84. The van der Waals surface area contributed by atoms with E-state index in [1.165, 1.54) is 0 Å². The van der Waals surface area contributed by atoms with Crippen LogP contribution in [-0.2, 0) is 14.3 Å². The maximum atomic E-state index is 14.0. The predicted octanol–water partition coefficient (Wildman–Crippen LogP) is 5.42. The lowest BCUT2D eigenvalue weighted by atomic mass is 9.71. The molecule has 2 aliphatic rings. The van der Waals surface area contributed by atoms with Gasteiger partial charge in [0.05, 0.1) is 46.0 Å². The van der Waals surface area contributed by atoms with Gasteiger partial charge in [-0.2, -0.15) is 0 Å². The molecule has 2 aromatic carbocycles. The van der Waals surface area contributed by atoms with E-state index >= 15 is 0 Å². The molecule has 39 heavy (non-hydrogen) atoms. The molecule has 0 saturated heterocycles. The number of Topliss-reactive ketones (excluding diaryl/α,β-unsaturated/α-hetero) is 1. The molecule has 1 aliphatic carbocycles. The van der Waals surface area contributed by atoms with E-state index in [2.05, 4.69) is 5.32 Å². The number of methoxy groups -OCH3 is 4. The van der Waals surface area contributed by atoms with Gasteiger partial charge in [0.1, 0.15) is 0 Å². The number of carbonyl (C=O) groups is 2. The third kappa shape index (κ3) is 5.33. The van der Waals surface area contributed by atoms with E-state index < -0.39 is 11.9 Å². The van der Waals surface area contributed by atoms with Crippen LogP contribution in [0.2, 0.25) is 0 Å². The number of dihydropyridines is 1. The molecule has 2 aromatic rings. The van der Waals surface area contributed by atoms with E-state index in [1.807, 2.05) is 51.1 Å². The second-order valence-corrected chi connectivity index (χ2v) is 9.84. The quantitative estimate of drug-likeness (QED) is 0.426. The van der Waals surface area contributed by atoms with Crippen molar-refractivity contribution < 1.29 is 33.3 Å². The molecule has 8 nitrogen and oxygen atoms in total. The SMILES string of the molecule is CC[C@H](C)OC(=O)C1=C(C)NC2=C(C(=O)C[C@@H](c3ccc(OC)c(OC)c3)C2)[C@H]1c1cccc(OC)c1OC. The van der Waals surface area contributed by atoms with E-state index in [0.717, 1.165) is 11.3 Å². The molecule has 4 rings (SSSR count). The molecule has 3 atom stereocenters. The summed E-state index contributed by atoms with van der Waals surface area (Å²) in [6.07, 6.45) is 1.28. The van der Waals surface area contributed by atoms with Crippen LogP contribution in [0.5, 0.6) is 23.0 Å². The first kappa shape index (κ1) is 28.1. The van der Waals surface area contributed by atoms with Gasteiger partial charge in [-0.1, -0.05) is 25.1 Å². The highest BCUT2D eigenvalue weighted by Gasteiger charge is 2.43. The van der Waals surface area contributed by atoms with Gasteiger partial charge in [-0.3, -0.25) is 4.79 Å². The van der Waals surface area contributed by atoms with Gasteiger partial charge in [-0.25, -0.2) is 4.79 Å². The van der Waals surface area contributed by atoms with Crippen molar-refractivity contribution in [1.29, 1.82) is 0 Å². The van der Waals surface area contributed by atoms with E-state index in [-0.39, 0.29) is 24.2 Å². The van der Waals surface area contributed by atoms with Gasteiger partial charge in [0, 0.05) is 29.0 Å². The highest BCUT2D eigenvalue weighted by Crippen LogP contribution is 2.49. The van der Waals surface area contributed by atoms with Crippen molar-refractivity contribution in [3.63, 3.8) is 0 Å². The average Bonchev–Trinajstić information content (AvgIpc) is 2.94. The Morgan fingerprint density at radius 3 is 2.33 bits per heavy atom. The molecule has 0 radical (unpaired) electrons. The molecule has 0 fully saturated rings. The van der Waals surface area contributed by atoms with Crippen LogP contribution in [-0.4, -0.2) is 46.3 Å². The highest BCUT2D eigenvalue weighted by atomic mass is 16.5. The van der Waals surface area contributed by atoms with Crippen LogP contribution < -0.4 is 24.3 Å². The van der Waals surface area contributed by atoms with Gasteiger partial charge < -0.3 is 29.0 Å². The molecule has 0 bridgehead atoms. The Hall–Kier alpha value is -3.94. The predicted molar refractivity (Wildman–Crippen MR) is 148 cm³/mol. The number of ether oxygens (including phenoxy) is 5. The van der Waals surface area contributed by atoms with Crippen LogP contribution in [0.3, 0.4) is 0 Å². The van der Waals surface area contributed by atoms with Gasteiger partial charge in [-0.05, 0) is 56.4 Å². The first-order valence-electron chi connectivity index (χ1n) is 13.2. The molecule has 0 saturated carbocycles. The lowest BCUT2D eigenvalue weighted by molar-refractivity contribution is -0.144. The number of esters is 1. The normalized spacial score (nSPS) is 19.6. The van der Waals surface area contributed by atoms with Crippen molar-refractivity contribution in [1.82, 2.24) is 5.32 Å². The Bertz CT molecular complexity index is 1330. The maximum Gasteiger partial charge on any atom is 0.337 e. The Morgan fingerprint density at radius 1 is 0.974 bits per heavy atom. The second-order valence-electron chi connectivity index (χ2n) is 9.84. The number of benzene rings is 2. The Kier molecular flexibility index (Phi) is 8.53. The van der Waals surface area contributed by atoms with Crippen molar-refractivity contribution in [2.45, 2.75) is 58.0 Å². The van der Waals surface area contributed by atoms with Crippen LogP contribution in [0.25, 0.3) is 0 Å². The summed E-state index contributed by atoms with van der Waals surface area (Å²) in [5, 5.41) is 3.40. The third-order valence-electron chi connectivity index (χ3n) is 7.55. The number of para-hydroxylation sites is 1. The van der Waals surface area contributed by atoms with Gasteiger partial charge in [0.2, 0.25) is 0 Å². The van der Waals surface area contributed by atoms with Crippen LogP contribution in [0, 0.1) is 0 Å². The molecule has 1 aliphatic heterocycles. The van der Waals surface area contributed by atoms with Crippen molar-refractivity contribution in [3.05, 3.63) is 70.1 Å². The van der Waals surface area contributed by atoms with Crippen molar-refractivity contribution in [2.75, 3.05) is 28.4 Å². The molecule has 0 amide bonds. The molecule has 208 valence electrons. The lowest BCUT2D eigenvalue weighted by Crippen LogP contribution is -2.36. The molecule has 1 heterocycles. The van der Waals surface area contributed by atoms with Crippen molar-refractivity contribution >= 4 is 11.8 Å². The van der Waals surface area contributed by atoms with Crippen LogP contribution in [0.1, 0.15) is 63.0 Å². The number of carbonyl (C=O) groups excluding carboxylic acids is 2. The summed E-state index contributed by atoms with van der Waals surface area (Å²) in [5.41, 5.74) is 4.06. The molecule has 1 N–H and O–H groups in total. The van der Waals surface area contributed by atoms with E-state index in [1.54, 1.807) is 34.5 Å². The first-order chi connectivity index (χ1) is 18.8. The summed E-state index contributed by atoms with van der Waals surface area (Å²) in [7, 11) is 6.31. The second kappa shape index (κ2) is 11.8. The molecule has 0 aromatic heterocycles. The van der Waals surface area contributed by atoms with Crippen molar-refractivity contribution in [2.24, 2.45) is 0 Å². The molecular weight excluding hydrogens is 498 g/mol. The van der Waals surface area contributed by atoms with Gasteiger partial charge in [0.25, 0.3) is 0 Å². The Labute approximate surface area is 229 Å². The minimum Gasteiger partial charge on any atom is -0.493 e. The minimum atomic E-state index is -0.665. The van der Waals surface area contributed by atoms with E-state index in [4.69, 9.17) is 23.7 Å². The zero-order chi connectivity index (χ0) is 28.3. The highest BCUT2D eigenvalue weighted by molar-refractivity contribution is 6.04. The zero-order valence-corrected chi connectivity index (χ0v) is 23.7. The standard InChI is InChI=1S/C31H37NO7/c1-8-17(2)39-31(34)27-18(3)32-22-14-20(19-12-13-24(35-4)26(16-19)37-6)15-23(33)29(22)28(27)21-10-9-11-25(36-5)30(21)38-7/h9-13,16-17,20,28,32H,8,14-15H2,1-7H3/t17-,20-,28-/m0/s1. The van der Waals surface area contributed by atoms with Crippen LogP contribution >= 0.6 is 0 Å². The summed E-state index contributed by atoms with van der Waals surface area (Å²) in [4.78, 5) is 27.5. The summed E-state index contributed by atoms with van der Waals surface area (Å²) in [6.45, 7) is 5.66.